The minimum absolute atomic E-state index is 0.476. The largest absolute Gasteiger partial charge is 0.301 e. The predicted molar refractivity (Wildman–Crippen MR) is 65.0 cm³/mol. The Morgan fingerprint density at radius 3 is 2.77 bits per heavy atom. The first-order valence-electron chi connectivity index (χ1n) is 4.07. The number of halogens is 2. The van der Waals surface area contributed by atoms with Crippen molar-refractivity contribution in [2.45, 2.75) is 5.37 Å². The van der Waals surface area contributed by atoms with Crippen molar-refractivity contribution < 1.29 is 0 Å². The van der Waals surface area contributed by atoms with Gasteiger partial charge < -0.3 is 5.32 Å². The maximum absolute atomic E-state index is 3.51. The van der Waals surface area contributed by atoms with Crippen LogP contribution >= 0.6 is 43.6 Å². The number of thioether (sulfide) groups is 1. The van der Waals surface area contributed by atoms with E-state index in [-0.39, 0.29) is 0 Å². The molecule has 1 nitrogen and oxygen atoms in total. The van der Waals surface area contributed by atoms with Crippen LogP contribution < -0.4 is 5.32 Å². The molecule has 1 heterocycles. The van der Waals surface area contributed by atoms with Crippen molar-refractivity contribution in [2.24, 2.45) is 0 Å². The van der Waals surface area contributed by atoms with Crippen molar-refractivity contribution in [3.8, 4) is 0 Å². The van der Waals surface area contributed by atoms with E-state index in [4.69, 9.17) is 0 Å². The van der Waals surface area contributed by atoms with E-state index in [1.165, 1.54) is 11.3 Å². The Kier molecular flexibility index (Phi) is 3.35. The lowest BCUT2D eigenvalue weighted by atomic mass is 10.2. The van der Waals surface area contributed by atoms with Gasteiger partial charge in [0.25, 0.3) is 0 Å². The van der Waals surface area contributed by atoms with Crippen LogP contribution in [-0.2, 0) is 0 Å². The van der Waals surface area contributed by atoms with Gasteiger partial charge in [-0.1, -0.05) is 6.07 Å². The fourth-order valence-corrected chi connectivity index (χ4v) is 3.00. The first kappa shape index (κ1) is 10.0. The molecule has 1 aromatic rings. The minimum atomic E-state index is 0.476. The summed E-state index contributed by atoms with van der Waals surface area (Å²) in [5.41, 5.74) is 1.34. The molecule has 0 amide bonds. The zero-order valence-corrected chi connectivity index (χ0v) is 10.9. The van der Waals surface area contributed by atoms with Crippen molar-refractivity contribution in [2.75, 3.05) is 12.3 Å². The summed E-state index contributed by atoms with van der Waals surface area (Å²) in [7, 11) is 0. The normalized spacial score (nSPS) is 22.2. The Balaban J connectivity index is 2.25. The molecule has 1 N–H and O–H groups in total. The summed E-state index contributed by atoms with van der Waals surface area (Å²) in [6.07, 6.45) is 0. The Morgan fingerprint density at radius 2 is 2.15 bits per heavy atom. The summed E-state index contributed by atoms with van der Waals surface area (Å²) < 4.78 is 2.23. The maximum atomic E-state index is 3.51. The number of hydrogen-bond acceptors (Lipinski definition) is 2. The topological polar surface area (TPSA) is 12.0 Å². The van der Waals surface area contributed by atoms with Gasteiger partial charge in [-0.3, -0.25) is 0 Å². The summed E-state index contributed by atoms with van der Waals surface area (Å²) in [5.74, 6) is 1.21. The summed E-state index contributed by atoms with van der Waals surface area (Å²) in [5, 5.41) is 3.92. The molecule has 0 saturated carbocycles. The second-order valence-electron chi connectivity index (χ2n) is 2.88. The molecule has 1 aromatic carbocycles. The summed E-state index contributed by atoms with van der Waals surface area (Å²) in [6, 6.07) is 6.41. The lowest BCUT2D eigenvalue weighted by Crippen LogP contribution is -2.11. The van der Waals surface area contributed by atoms with Gasteiger partial charge in [-0.2, -0.15) is 0 Å². The average molecular weight is 323 g/mol. The van der Waals surface area contributed by atoms with E-state index in [0.717, 1.165) is 15.5 Å². The summed E-state index contributed by atoms with van der Waals surface area (Å²) in [6.45, 7) is 1.11. The van der Waals surface area contributed by atoms with Crippen LogP contribution in [0.5, 0.6) is 0 Å². The Hall–Kier alpha value is 0.490. The van der Waals surface area contributed by atoms with Gasteiger partial charge in [-0.05, 0) is 49.6 Å². The van der Waals surface area contributed by atoms with Gasteiger partial charge in [0.2, 0.25) is 0 Å². The monoisotopic (exact) mass is 321 g/mol. The highest BCUT2D eigenvalue weighted by Gasteiger charge is 2.16. The molecule has 1 aliphatic rings. The molecule has 70 valence electrons. The fourth-order valence-electron chi connectivity index (χ4n) is 1.32. The minimum Gasteiger partial charge on any atom is -0.301 e. The van der Waals surface area contributed by atoms with E-state index < -0.39 is 0 Å². The molecule has 1 unspecified atom stereocenters. The van der Waals surface area contributed by atoms with Crippen LogP contribution in [0.2, 0.25) is 0 Å². The number of benzene rings is 1. The molecular formula is C9H9Br2NS. The molecule has 1 saturated heterocycles. The van der Waals surface area contributed by atoms with Gasteiger partial charge >= 0.3 is 0 Å². The molecule has 1 aliphatic heterocycles. The van der Waals surface area contributed by atoms with Crippen LogP contribution in [0.15, 0.2) is 27.1 Å². The lowest BCUT2D eigenvalue weighted by molar-refractivity contribution is 0.750. The fraction of sp³-hybridized carbons (Fsp3) is 0.333. The van der Waals surface area contributed by atoms with Gasteiger partial charge in [-0.15, -0.1) is 11.8 Å². The van der Waals surface area contributed by atoms with E-state index in [1.807, 2.05) is 11.8 Å². The van der Waals surface area contributed by atoms with Crippen LogP contribution in [-0.4, -0.2) is 12.3 Å². The van der Waals surface area contributed by atoms with Gasteiger partial charge in [0.1, 0.15) is 0 Å². The molecule has 0 bridgehead atoms. The first-order valence-corrected chi connectivity index (χ1v) is 6.71. The smallest absolute Gasteiger partial charge is 0.0790 e. The Bertz CT molecular complexity index is 310. The summed E-state index contributed by atoms with van der Waals surface area (Å²) >= 11 is 8.94. The highest BCUT2D eigenvalue weighted by Crippen LogP contribution is 2.33. The van der Waals surface area contributed by atoms with Crippen molar-refractivity contribution in [1.29, 1.82) is 0 Å². The molecular weight excluding hydrogens is 314 g/mol. The van der Waals surface area contributed by atoms with Crippen molar-refractivity contribution in [1.82, 2.24) is 5.32 Å². The molecule has 0 radical (unpaired) electrons. The molecule has 13 heavy (non-hydrogen) atoms. The van der Waals surface area contributed by atoms with E-state index >= 15 is 0 Å². The van der Waals surface area contributed by atoms with Crippen LogP contribution in [0.1, 0.15) is 10.9 Å². The summed E-state index contributed by atoms with van der Waals surface area (Å²) in [4.78, 5) is 0. The highest BCUT2D eigenvalue weighted by atomic mass is 79.9. The van der Waals surface area contributed by atoms with Crippen molar-refractivity contribution in [3.63, 3.8) is 0 Å². The van der Waals surface area contributed by atoms with Crippen molar-refractivity contribution in [3.05, 3.63) is 32.7 Å². The third-order valence-corrected chi connectivity index (χ3v) is 5.05. The molecule has 0 aliphatic carbocycles. The van der Waals surface area contributed by atoms with Gasteiger partial charge in [-0.25, -0.2) is 0 Å². The molecule has 0 spiro atoms. The standard InChI is InChI=1S/C9H9Br2NS/c10-7-2-1-6(5-8(7)11)9-12-3-4-13-9/h1-2,5,9,12H,3-4H2. The lowest BCUT2D eigenvalue weighted by Gasteiger charge is -2.10. The van der Waals surface area contributed by atoms with Gasteiger partial charge in [0, 0.05) is 21.2 Å². The third-order valence-electron chi connectivity index (χ3n) is 1.96. The Labute approximate surface area is 98.9 Å². The second-order valence-corrected chi connectivity index (χ2v) is 5.80. The average Bonchev–Trinajstić information content (AvgIpc) is 2.62. The van der Waals surface area contributed by atoms with Crippen LogP contribution in [0.4, 0.5) is 0 Å². The number of nitrogens with one attached hydrogen (secondary N) is 1. The quantitative estimate of drug-likeness (QED) is 0.848. The van der Waals surface area contributed by atoms with E-state index in [1.54, 1.807) is 0 Å². The van der Waals surface area contributed by atoms with Gasteiger partial charge in [0.05, 0.1) is 5.37 Å². The number of rotatable bonds is 1. The van der Waals surface area contributed by atoms with E-state index in [2.05, 4.69) is 55.4 Å². The van der Waals surface area contributed by atoms with Crippen LogP contribution in [0, 0.1) is 0 Å². The van der Waals surface area contributed by atoms with E-state index in [0.29, 0.717) is 5.37 Å². The van der Waals surface area contributed by atoms with Gasteiger partial charge in [0.15, 0.2) is 0 Å². The van der Waals surface area contributed by atoms with Crippen molar-refractivity contribution >= 4 is 43.6 Å². The zero-order valence-electron chi connectivity index (χ0n) is 6.89. The molecule has 2 rings (SSSR count). The Morgan fingerprint density at radius 1 is 1.31 bits per heavy atom. The molecule has 1 fully saturated rings. The van der Waals surface area contributed by atoms with Crippen LogP contribution in [0.3, 0.4) is 0 Å². The van der Waals surface area contributed by atoms with Crippen LogP contribution in [0.25, 0.3) is 0 Å². The highest BCUT2D eigenvalue weighted by molar-refractivity contribution is 9.13. The third kappa shape index (κ3) is 2.29. The molecule has 4 heteroatoms. The van der Waals surface area contributed by atoms with E-state index in [9.17, 15) is 0 Å². The SMILES string of the molecule is Brc1ccc(C2NCCS2)cc1Br. The zero-order chi connectivity index (χ0) is 9.26. The predicted octanol–water partition coefficient (Wildman–Crippen LogP) is 3.55. The second kappa shape index (κ2) is 4.34. The maximum Gasteiger partial charge on any atom is 0.0790 e. The molecule has 0 aromatic heterocycles. The molecule has 1 atom stereocenters. The first-order chi connectivity index (χ1) is 6.27. The number of hydrogen-bond donors (Lipinski definition) is 1.